The van der Waals surface area contributed by atoms with Crippen molar-refractivity contribution < 1.29 is 9.21 Å². The van der Waals surface area contributed by atoms with E-state index in [0.717, 1.165) is 16.5 Å². The van der Waals surface area contributed by atoms with Gasteiger partial charge in [-0.2, -0.15) is 0 Å². The lowest BCUT2D eigenvalue weighted by Crippen LogP contribution is -2.12. The largest absolute Gasteiger partial charge is 0.456 e. The summed E-state index contributed by atoms with van der Waals surface area (Å²) < 4.78 is 5.64. The third-order valence-electron chi connectivity index (χ3n) is 2.73. The highest BCUT2D eigenvalue weighted by atomic mass is 16.3. The van der Waals surface area contributed by atoms with Gasteiger partial charge in [-0.15, -0.1) is 0 Å². The minimum atomic E-state index is -0.419. The predicted octanol–water partition coefficient (Wildman–Crippen LogP) is 2.71. The van der Waals surface area contributed by atoms with Crippen molar-refractivity contribution in [3.8, 4) is 0 Å². The Morgan fingerprint density at radius 3 is 2.56 bits per heavy atom. The van der Waals surface area contributed by atoms with Crippen LogP contribution in [0.25, 0.3) is 16.5 Å². The molecule has 0 saturated carbocycles. The fourth-order valence-corrected chi connectivity index (χ4v) is 1.54. The Morgan fingerprint density at radius 2 is 1.94 bits per heavy atom. The maximum Gasteiger partial charge on any atom is 0.244 e. The Bertz CT molecular complexity index is 545. The molecule has 0 aliphatic carbocycles. The summed E-state index contributed by atoms with van der Waals surface area (Å²) in [6.07, 6.45) is 0. The molecule has 2 rings (SSSR count). The zero-order valence-corrected chi connectivity index (χ0v) is 9.28. The van der Waals surface area contributed by atoms with Crippen LogP contribution in [0, 0.1) is 0 Å². The molecule has 0 aliphatic heterocycles. The van der Waals surface area contributed by atoms with Crippen LogP contribution in [0.15, 0.2) is 40.3 Å². The van der Waals surface area contributed by atoms with Gasteiger partial charge in [0, 0.05) is 16.5 Å². The number of amides is 1. The molecule has 0 saturated heterocycles. The predicted molar refractivity (Wildman–Crippen MR) is 63.7 cm³/mol. The van der Waals surface area contributed by atoms with Crippen molar-refractivity contribution in [1.29, 1.82) is 0 Å². The van der Waals surface area contributed by atoms with E-state index in [4.69, 9.17) is 10.2 Å². The molecule has 0 bridgehead atoms. The quantitative estimate of drug-likeness (QED) is 0.783. The summed E-state index contributed by atoms with van der Waals surface area (Å²) in [5, 5.41) is 1.02. The van der Waals surface area contributed by atoms with Crippen molar-refractivity contribution in [1.82, 2.24) is 0 Å². The van der Waals surface area contributed by atoms with E-state index in [1.165, 1.54) is 0 Å². The molecule has 2 aromatic rings. The molecular formula is C13H13NO2. The monoisotopic (exact) mass is 215 g/mol. The van der Waals surface area contributed by atoms with Crippen LogP contribution < -0.4 is 5.73 Å². The van der Waals surface area contributed by atoms with E-state index >= 15 is 0 Å². The van der Waals surface area contributed by atoms with Gasteiger partial charge in [0.05, 0.1) is 0 Å². The normalized spacial score (nSPS) is 12.6. The van der Waals surface area contributed by atoms with Crippen LogP contribution >= 0.6 is 0 Å². The van der Waals surface area contributed by atoms with Crippen LogP contribution in [-0.2, 0) is 4.79 Å². The summed E-state index contributed by atoms with van der Waals surface area (Å²) >= 11 is 0. The lowest BCUT2D eigenvalue weighted by Gasteiger charge is -1.99. The molecule has 0 atom stereocenters. The smallest absolute Gasteiger partial charge is 0.244 e. The lowest BCUT2D eigenvalue weighted by atomic mass is 10.1. The molecule has 0 radical (unpaired) electrons. The van der Waals surface area contributed by atoms with E-state index < -0.39 is 5.91 Å². The van der Waals surface area contributed by atoms with Crippen LogP contribution in [-0.4, -0.2) is 5.91 Å². The van der Waals surface area contributed by atoms with Gasteiger partial charge < -0.3 is 10.2 Å². The van der Waals surface area contributed by atoms with E-state index in [2.05, 4.69) is 0 Å². The number of carbonyl (C=O) groups is 1. The number of rotatable bonds is 2. The molecule has 1 amide bonds. The molecular weight excluding hydrogens is 202 g/mol. The highest BCUT2D eigenvalue weighted by Crippen LogP contribution is 2.25. The minimum Gasteiger partial charge on any atom is -0.456 e. The average Bonchev–Trinajstić information content (AvgIpc) is 2.70. The Hall–Kier alpha value is -2.03. The number of carbonyl (C=O) groups excluding carboxylic acids is 1. The molecule has 0 aliphatic rings. The Morgan fingerprint density at radius 1 is 1.25 bits per heavy atom. The van der Waals surface area contributed by atoms with Gasteiger partial charge >= 0.3 is 0 Å². The molecule has 1 heterocycles. The van der Waals surface area contributed by atoms with Gasteiger partial charge in [-0.3, -0.25) is 4.79 Å². The Labute approximate surface area is 93.5 Å². The summed E-state index contributed by atoms with van der Waals surface area (Å²) in [5.41, 5.74) is 7.35. The number of primary amides is 1. The zero-order chi connectivity index (χ0) is 11.7. The first kappa shape index (κ1) is 10.5. The second-order valence-electron chi connectivity index (χ2n) is 3.76. The number of hydrogen-bond donors (Lipinski definition) is 1. The summed E-state index contributed by atoms with van der Waals surface area (Å²) in [7, 11) is 0. The van der Waals surface area contributed by atoms with Gasteiger partial charge in [0.2, 0.25) is 5.91 Å². The number of benzene rings is 1. The molecule has 1 aromatic carbocycles. The SMILES string of the molecule is C/C(C(N)=O)=C(/C)c1cc2ccccc2o1. The topological polar surface area (TPSA) is 56.2 Å². The summed E-state index contributed by atoms with van der Waals surface area (Å²) in [6.45, 7) is 3.53. The number of fused-ring (bicyclic) bond motifs is 1. The summed E-state index contributed by atoms with van der Waals surface area (Å²) in [6, 6.07) is 9.63. The minimum absolute atomic E-state index is 0.419. The van der Waals surface area contributed by atoms with Gasteiger partial charge in [0.1, 0.15) is 11.3 Å². The maximum absolute atomic E-state index is 11.1. The number of hydrogen-bond acceptors (Lipinski definition) is 2. The molecule has 3 heteroatoms. The zero-order valence-electron chi connectivity index (χ0n) is 9.28. The molecule has 16 heavy (non-hydrogen) atoms. The number of furan rings is 1. The molecule has 2 N–H and O–H groups in total. The van der Waals surface area contributed by atoms with Gasteiger partial charge in [0.25, 0.3) is 0 Å². The highest BCUT2D eigenvalue weighted by molar-refractivity contribution is 5.99. The summed E-state index contributed by atoms with van der Waals surface area (Å²) in [5.74, 6) is 0.274. The molecule has 3 nitrogen and oxygen atoms in total. The molecule has 0 spiro atoms. The fourth-order valence-electron chi connectivity index (χ4n) is 1.54. The van der Waals surface area contributed by atoms with Crippen LogP contribution in [0.3, 0.4) is 0 Å². The van der Waals surface area contributed by atoms with E-state index in [9.17, 15) is 4.79 Å². The van der Waals surface area contributed by atoms with E-state index in [-0.39, 0.29) is 0 Å². The second kappa shape index (κ2) is 3.85. The van der Waals surface area contributed by atoms with Crippen LogP contribution in [0.4, 0.5) is 0 Å². The average molecular weight is 215 g/mol. The highest BCUT2D eigenvalue weighted by Gasteiger charge is 2.10. The van der Waals surface area contributed by atoms with E-state index in [1.54, 1.807) is 6.92 Å². The molecule has 82 valence electrons. The third-order valence-corrected chi connectivity index (χ3v) is 2.73. The maximum atomic E-state index is 11.1. The number of allylic oxidation sites excluding steroid dienone is 1. The van der Waals surface area contributed by atoms with Crippen molar-refractivity contribution in [3.63, 3.8) is 0 Å². The third kappa shape index (κ3) is 1.72. The lowest BCUT2D eigenvalue weighted by molar-refractivity contribution is -0.114. The van der Waals surface area contributed by atoms with Gasteiger partial charge in [0.15, 0.2) is 0 Å². The van der Waals surface area contributed by atoms with Gasteiger partial charge in [-0.25, -0.2) is 0 Å². The van der Waals surface area contributed by atoms with Crippen molar-refractivity contribution in [3.05, 3.63) is 41.7 Å². The van der Waals surface area contributed by atoms with E-state index in [1.807, 2.05) is 37.3 Å². The van der Waals surface area contributed by atoms with Crippen molar-refractivity contribution >= 4 is 22.4 Å². The van der Waals surface area contributed by atoms with Crippen LogP contribution in [0.5, 0.6) is 0 Å². The first-order valence-electron chi connectivity index (χ1n) is 5.06. The van der Waals surface area contributed by atoms with Crippen molar-refractivity contribution in [2.45, 2.75) is 13.8 Å². The molecule has 1 aromatic heterocycles. The van der Waals surface area contributed by atoms with Crippen LogP contribution in [0.2, 0.25) is 0 Å². The molecule has 0 unspecified atom stereocenters. The Balaban J connectivity index is 2.56. The summed E-state index contributed by atoms with van der Waals surface area (Å²) in [4.78, 5) is 11.1. The Kier molecular flexibility index (Phi) is 2.52. The molecule has 0 fully saturated rings. The number of para-hydroxylation sites is 1. The number of nitrogens with two attached hydrogens (primary N) is 1. The van der Waals surface area contributed by atoms with Gasteiger partial charge in [-0.1, -0.05) is 18.2 Å². The van der Waals surface area contributed by atoms with Crippen LogP contribution in [0.1, 0.15) is 19.6 Å². The fraction of sp³-hybridized carbons (Fsp3) is 0.154. The van der Waals surface area contributed by atoms with Gasteiger partial charge in [-0.05, 0) is 26.0 Å². The van der Waals surface area contributed by atoms with Crippen molar-refractivity contribution in [2.24, 2.45) is 5.73 Å². The standard InChI is InChI=1S/C13H13NO2/c1-8(9(2)13(14)15)12-7-10-5-3-4-6-11(10)16-12/h3-7H,1-2H3,(H2,14,15)/b9-8+. The van der Waals surface area contributed by atoms with E-state index in [0.29, 0.717) is 11.3 Å². The van der Waals surface area contributed by atoms with Crippen molar-refractivity contribution in [2.75, 3.05) is 0 Å². The first-order chi connectivity index (χ1) is 7.59. The first-order valence-corrected chi connectivity index (χ1v) is 5.06. The second-order valence-corrected chi connectivity index (χ2v) is 3.76.